The molecule has 0 spiro atoms. The maximum Gasteiger partial charge on any atom is 0.458 e. The Morgan fingerprint density at radius 2 is 0.452 bits per heavy atom. The number of alkyl halides is 20. The zero-order valence-electron chi connectivity index (χ0n) is 12.9. The molecular weight excluding hydrogens is 520 g/mol. The van der Waals surface area contributed by atoms with Crippen molar-refractivity contribution in [2.45, 2.75) is 54.6 Å². The number of ether oxygens (including phenoxy) is 2. The summed E-state index contributed by atoms with van der Waals surface area (Å²) in [6.45, 7) is 0. The summed E-state index contributed by atoms with van der Waals surface area (Å²) in [7, 11) is 0. The first-order chi connectivity index (χ1) is 12.9. The lowest BCUT2D eigenvalue weighted by Gasteiger charge is -2.39. The molecule has 0 radical (unpaired) electrons. The molecule has 0 aromatic heterocycles. The molecule has 0 aliphatic rings. The number of hydrogen-bond acceptors (Lipinski definition) is 2. The van der Waals surface area contributed by atoms with E-state index >= 15 is 0 Å². The molecule has 0 amide bonds. The molecule has 0 atom stereocenters. The highest BCUT2D eigenvalue weighted by Crippen LogP contribution is 2.58. The van der Waals surface area contributed by atoms with Crippen molar-refractivity contribution >= 4 is 0 Å². The Balaban J connectivity index is 6.50. The van der Waals surface area contributed by atoms with E-state index in [4.69, 9.17) is 0 Å². The Kier molecular flexibility index (Phi) is 6.92. The second-order valence-electron chi connectivity index (χ2n) is 4.99. The van der Waals surface area contributed by atoms with Gasteiger partial charge in [0.05, 0.1) is 0 Å². The van der Waals surface area contributed by atoms with Gasteiger partial charge in [-0.05, 0) is 0 Å². The van der Waals surface area contributed by atoms with E-state index in [1.807, 2.05) is 0 Å². The Hall–Kier alpha value is -1.48. The number of hydrogen-bond donors (Lipinski definition) is 0. The van der Waals surface area contributed by atoms with Crippen LogP contribution in [0.3, 0.4) is 0 Å². The zero-order valence-corrected chi connectivity index (χ0v) is 12.9. The van der Waals surface area contributed by atoms with E-state index < -0.39 is 54.6 Å². The van der Waals surface area contributed by atoms with Gasteiger partial charge in [-0.2, -0.15) is 87.8 Å². The van der Waals surface area contributed by atoms with Gasteiger partial charge in [-0.1, -0.05) is 0 Å². The van der Waals surface area contributed by atoms with Crippen molar-refractivity contribution < 1.29 is 97.3 Å². The smallest absolute Gasteiger partial charge is 0.262 e. The van der Waals surface area contributed by atoms with Gasteiger partial charge in [0.15, 0.2) is 0 Å². The highest BCUT2D eigenvalue weighted by atomic mass is 19.4. The van der Waals surface area contributed by atoms with E-state index in [1.54, 1.807) is 0 Å². The summed E-state index contributed by atoms with van der Waals surface area (Å²) in [5, 5.41) is 0. The molecule has 0 fully saturated rings. The van der Waals surface area contributed by atoms with Gasteiger partial charge >= 0.3 is 54.6 Å². The first kappa shape index (κ1) is 29.5. The molecular formula is C9F20O2. The Morgan fingerprint density at radius 1 is 0.290 bits per heavy atom. The summed E-state index contributed by atoms with van der Waals surface area (Å²) in [6, 6.07) is 0. The lowest BCUT2D eigenvalue weighted by atomic mass is 10.2. The van der Waals surface area contributed by atoms with E-state index in [0.29, 0.717) is 0 Å². The molecule has 0 bridgehead atoms. The van der Waals surface area contributed by atoms with Gasteiger partial charge in [-0.25, -0.2) is 0 Å². The lowest BCUT2D eigenvalue weighted by molar-refractivity contribution is -0.553. The fraction of sp³-hybridized carbons (Fsp3) is 1.00. The van der Waals surface area contributed by atoms with Crippen molar-refractivity contribution in [3.63, 3.8) is 0 Å². The van der Waals surface area contributed by atoms with Crippen molar-refractivity contribution in [3.8, 4) is 0 Å². The third kappa shape index (κ3) is 4.82. The van der Waals surface area contributed by atoms with Gasteiger partial charge in [0, 0.05) is 0 Å². The SMILES string of the molecule is FC(F)(F)C(F)(OC(F)(F)C(F)(F)C(F)(F)OC(F)(C(F)(F)F)C(F)(F)F)C(F)(F)F. The molecule has 0 saturated heterocycles. The predicted octanol–water partition coefficient (Wildman–Crippen LogP) is 6.42. The van der Waals surface area contributed by atoms with Gasteiger partial charge in [-0.15, -0.1) is 0 Å². The Labute approximate surface area is 153 Å². The van der Waals surface area contributed by atoms with Crippen molar-refractivity contribution in [1.82, 2.24) is 0 Å². The maximum atomic E-state index is 13.0. The van der Waals surface area contributed by atoms with Crippen LogP contribution in [0.1, 0.15) is 0 Å². The van der Waals surface area contributed by atoms with Gasteiger partial charge in [0.2, 0.25) is 0 Å². The summed E-state index contributed by atoms with van der Waals surface area (Å²) in [4.78, 5) is 0. The largest absolute Gasteiger partial charge is 0.458 e. The molecule has 0 saturated carbocycles. The van der Waals surface area contributed by atoms with Crippen LogP contribution in [0, 0.1) is 0 Å². The average Bonchev–Trinajstić information content (AvgIpc) is 2.40. The molecule has 0 N–H and O–H groups in total. The van der Waals surface area contributed by atoms with Crippen LogP contribution in [0.2, 0.25) is 0 Å². The molecule has 0 aliphatic heterocycles. The molecule has 188 valence electrons. The first-order valence-corrected chi connectivity index (χ1v) is 6.10. The van der Waals surface area contributed by atoms with Crippen molar-refractivity contribution in [2.24, 2.45) is 0 Å². The zero-order chi connectivity index (χ0) is 25.9. The van der Waals surface area contributed by atoms with Crippen molar-refractivity contribution in [2.75, 3.05) is 0 Å². The minimum Gasteiger partial charge on any atom is -0.262 e. The maximum absolute atomic E-state index is 13.0. The van der Waals surface area contributed by atoms with E-state index in [9.17, 15) is 87.8 Å². The average molecular weight is 520 g/mol. The van der Waals surface area contributed by atoms with Gasteiger partial charge in [0.1, 0.15) is 0 Å². The molecule has 0 heterocycles. The topological polar surface area (TPSA) is 18.5 Å². The third-order valence-electron chi connectivity index (χ3n) is 2.73. The van der Waals surface area contributed by atoms with E-state index in [0.717, 1.165) is 9.47 Å². The second-order valence-corrected chi connectivity index (χ2v) is 4.99. The molecule has 0 aromatic rings. The lowest BCUT2D eigenvalue weighted by Crippen LogP contribution is -2.67. The predicted molar refractivity (Wildman–Crippen MR) is 48.9 cm³/mol. The van der Waals surface area contributed by atoms with E-state index in [2.05, 4.69) is 0 Å². The van der Waals surface area contributed by atoms with Crippen molar-refractivity contribution in [1.29, 1.82) is 0 Å². The number of rotatable bonds is 6. The van der Waals surface area contributed by atoms with Crippen molar-refractivity contribution in [3.05, 3.63) is 0 Å². The summed E-state index contributed by atoms with van der Waals surface area (Å²) < 4.78 is 250. The molecule has 31 heavy (non-hydrogen) atoms. The van der Waals surface area contributed by atoms with Crippen LogP contribution in [0.25, 0.3) is 0 Å². The first-order valence-electron chi connectivity index (χ1n) is 6.10. The molecule has 0 rings (SSSR count). The molecule has 0 aromatic carbocycles. The quantitative estimate of drug-likeness (QED) is 0.377. The van der Waals surface area contributed by atoms with Crippen LogP contribution < -0.4 is 0 Å². The summed E-state index contributed by atoms with van der Waals surface area (Å²) >= 11 is 0. The van der Waals surface area contributed by atoms with Crippen LogP contribution in [0.15, 0.2) is 0 Å². The standard InChI is InChI=1S/C9F20O2/c10-1(11,8(26,27)30-2(12,4(14,15)16)5(17,18)19)9(28,29)31-3(13,6(20,21)22)7(23,24)25. The highest BCUT2D eigenvalue weighted by Gasteiger charge is 2.86. The van der Waals surface area contributed by atoms with Crippen LogP contribution in [0.5, 0.6) is 0 Å². The van der Waals surface area contributed by atoms with Gasteiger partial charge in [0.25, 0.3) is 0 Å². The third-order valence-corrected chi connectivity index (χ3v) is 2.73. The Bertz CT molecular complexity index is 551. The van der Waals surface area contributed by atoms with Gasteiger partial charge in [-0.3, -0.25) is 9.47 Å². The monoisotopic (exact) mass is 520 g/mol. The normalized spacial score (nSPS) is 16.6. The summed E-state index contributed by atoms with van der Waals surface area (Å²) in [5.74, 6) is -24.3. The van der Waals surface area contributed by atoms with Crippen LogP contribution in [0.4, 0.5) is 87.8 Å². The molecule has 0 unspecified atom stereocenters. The highest BCUT2D eigenvalue weighted by molar-refractivity contribution is 4.95. The minimum absolute atomic E-state index is 1.05. The molecule has 2 nitrogen and oxygen atoms in total. The van der Waals surface area contributed by atoms with Gasteiger partial charge < -0.3 is 0 Å². The Morgan fingerprint density at radius 3 is 0.581 bits per heavy atom. The summed E-state index contributed by atoms with van der Waals surface area (Å²) in [6.07, 6.45) is -47.7. The van der Waals surface area contributed by atoms with E-state index in [1.165, 1.54) is 0 Å². The van der Waals surface area contributed by atoms with Crippen LogP contribution >= 0.6 is 0 Å². The fourth-order valence-corrected chi connectivity index (χ4v) is 1.20. The molecule has 22 heteroatoms. The molecule has 0 aliphatic carbocycles. The summed E-state index contributed by atoms with van der Waals surface area (Å²) in [5.41, 5.74) is 0. The van der Waals surface area contributed by atoms with Crippen LogP contribution in [-0.2, 0) is 9.47 Å². The second kappa shape index (κ2) is 7.27. The number of halogens is 20. The minimum atomic E-state index is -8.41. The van der Waals surface area contributed by atoms with Crippen LogP contribution in [-0.4, -0.2) is 54.6 Å². The fourth-order valence-electron chi connectivity index (χ4n) is 1.20. The van der Waals surface area contributed by atoms with E-state index in [-0.39, 0.29) is 0 Å².